The normalized spacial score (nSPS) is 10.3. The summed E-state index contributed by atoms with van der Waals surface area (Å²) < 4.78 is 9.95. The zero-order chi connectivity index (χ0) is 15.0. The maximum absolute atomic E-state index is 12.3. The van der Waals surface area contributed by atoms with E-state index in [9.17, 15) is 9.59 Å². The van der Waals surface area contributed by atoms with Gasteiger partial charge >= 0.3 is 5.97 Å². The Kier molecular flexibility index (Phi) is 6.69. The molecule has 6 nitrogen and oxygen atoms in total. The summed E-state index contributed by atoms with van der Waals surface area (Å²) in [6, 6.07) is 5.86. The lowest BCUT2D eigenvalue weighted by Crippen LogP contribution is -2.36. The Morgan fingerprint density at radius 2 is 1.45 bits per heavy atom. The van der Waals surface area contributed by atoms with Crippen molar-refractivity contribution in [2.45, 2.75) is 0 Å². The van der Waals surface area contributed by atoms with Gasteiger partial charge in [0, 0.05) is 32.9 Å². The first kappa shape index (κ1) is 16.1. The van der Waals surface area contributed by atoms with E-state index in [4.69, 9.17) is 14.6 Å². The highest BCUT2D eigenvalue weighted by molar-refractivity contribution is 5.95. The molecule has 1 rings (SSSR count). The number of rotatable bonds is 8. The van der Waals surface area contributed by atoms with Gasteiger partial charge in [-0.05, 0) is 24.3 Å². The summed E-state index contributed by atoms with van der Waals surface area (Å²) in [6.45, 7) is 1.78. The highest BCUT2D eigenvalue weighted by Crippen LogP contribution is 2.08. The Balaban J connectivity index is 2.78. The van der Waals surface area contributed by atoms with Crippen LogP contribution in [-0.4, -0.2) is 62.4 Å². The second kappa shape index (κ2) is 8.29. The number of ether oxygens (including phenoxy) is 2. The standard InChI is InChI=1S/C14H19NO5/c1-19-9-7-15(8-10-20-2)13(16)11-3-5-12(6-4-11)14(17)18/h3-6H,7-10H2,1-2H3,(H,17,18). The van der Waals surface area contributed by atoms with E-state index in [-0.39, 0.29) is 11.5 Å². The summed E-state index contributed by atoms with van der Waals surface area (Å²) in [6.07, 6.45) is 0. The fourth-order valence-corrected chi connectivity index (χ4v) is 1.66. The first-order chi connectivity index (χ1) is 9.60. The number of carbonyl (C=O) groups excluding carboxylic acids is 1. The molecule has 1 amide bonds. The average molecular weight is 281 g/mol. The Bertz CT molecular complexity index is 435. The number of methoxy groups -OCH3 is 2. The lowest BCUT2D eigenvalue weighted by Gasteiger charge is -2.22. The first-order valence-corrected chi connectivity index (χ1v) is 6.20. The summed E-state index contributed by atoms with van der Waals surface area (Å²) in [7, 11) is 3.14. The van der Waals surface area contributed by atoms with Crippen molar-refractivity contribution >= 4 is 11.9 Å². The quantitative estimate of drug-likeness (QED) is 0.772. The van der Waals surface area contributed by atoms with Gasteiger partial charge in [-0.3, -0.25) is 4.79 Å². The molecule has 0 fully saturated rings. The second-order valence-electron chi connectivity index (χ2n) is 4.16. The molecule has 0 heterocycles. The maximum Gasteiger partial charge on any atom is 0.335 e. The Hall–Kier alpha value is -1.92. The topological polar surface area (TPSA) is 76.1 Å². The summed E-state index contributed by atoms with van der Waals surface area (Å²) in [4.78, 5) is 24.7. The van der Waals surface area contributed by atoms with Crippen molar-refractivity contribution in [2.24, 2.45) is 0 Å². The van der Waals surface area contributed by atoms with Crippen LogP contribution in [0.25, 0.3) is 0 Å². The van der Waals surface area contributed by atoms with E-state index >= 15 is 0 Å². The minimum absolute atomic E-state index is 0.155. The number of aromatic carboxylic acids is 1. The Morgan fingerprint density at radius 1 is 1.00 bits per heavy atom. The van der Waals surface area contributed by atoms with Crippen LogP contribution in [0.3, 0.4) is 0 Å². The van der Waals surface area contributed by atoms with Crippen LogP contribution in [0.1, 0.15) is 20.7 Å². The zero-order valence-corrected chi connectivity index (χ0v) is 11.7. The minimum Gasteiger partial charge on any atom is -0.478 e. The SMILES string of the molecule is COCCN(CCOC)C(=O)c1ccc(C(=O)O)cc1. The lowest BCUT2D eigenvalue weighted by molar-refractivity contribution is 0.0625. The summed E-state index contributed by atoms with van der Waals surface area (Å²) in [5.74, 6) is -1.18. The molecule has 0 aliphatic carbocycles. The predicted octanol–water partition coefficient (Wildman–Crippen LogP) is 1.12. The van der Waals surface area contributed by atoms with Crippen molar-refractivity contribution < 1.29 is 24.2 Å². The number of nitrogens with zero attached hydrogens (tertiary/aromatic N) is 1. The van der Waals surface area contributed by atoms with Gasteiger partial charge in [0.05, 0.1) is 18.8 Å². The van der Waals surface area contributed by atoms with Gasteiger partial charge < -0.3 is 19.5 Å². The van der Waals surface area contributed by atoms with Crippen molar-refractivity contribution in [1.29, 1.82) is 0 Å². The van der Waals surface area contributed by atoms with Crippen LogP contribution < -0.4 is 0 Å². The summed E-state index contributed by atoms with van der Waals surface area (Å²) in [5.41, 5.74) is 0.601. The third-order valence-electron chi connectivity index (χ3n) is 2.80. The molecule has 0 aromatic heterocycles. The average Bonchev–Trinajstić information content (AvgIpc) is 2.47. The molecule has 0 unspecified atom stereocenters. The van der Waals surface area contributed by atoms with E-state index < -0.39 is 5.97 Å². The van der Waals surface area contributed by atoms with Gasteiger partial charge in [0.25, 0.3) is 5.91 Å². The van der Waals surface area contributed by atoms with Crippen LogP contribution in [0.15, 0.2) is 24.3 Å². The number of amides is 1. The monoisotopic (exact) mass is 281 g/mol. The highest BCUT2D eigenvalue weighted by atomic mass is 16.5. The van der Waals surface area contributed by atoms with E-state index in [0.717, 1.165) is 0 Å². The Morgan fingerprint density at radius 3 is 1.85 bits per heavy atom. The molecule has 0 aliphatic rings. The molecule has 1 aromatic carbocycles. The molecule has 1 aromatic rings. The number of benzene rings is 1. The van der Waals surface area contributed by atoms with Gasteiger partial charge in [0.15, 0.2) is 0 Å². The van der Waals surface area contributed by atoms with Crippen molar-refractivity contribution in [2.75, 3.05) is 40.5 Å². The molecular formula is C14H19NO5. The number of carboxylic acid groups (broad SMARTS) is 1. The molecule has 0 bridgehead atoms. The fourth-order valence-electron chi connectivity index (χ4n) is 1.66. The molecular weight excluding hydrogens is 262 g/mol. The number of carbonyl (C=O) groups is 2. The van der Waals surface area contributed by atoms with Crippen molar-refractivity contribution in [3.8, 4) is 0 Å². The highest BCUT2D eigenvalue weighted by Gasteiger charge is 2.15. The second-order valence-corrected chi connectivity index (χ2v) is 4.16. The van der Waals surface area contributed by atoms with Crippen LogP contribution in [-0.2, 0) is 9.47 Å². The fraction of sp³-hybridized carbons (Fsp3) is 0.429. The predicted molar refractivity (Wildman–Crippen MR) is 73.1 cm³/mol. The molecule has 6 heteroatoms. The van der Waals surface area contributed by atoms with Crippen LogP contribution in [0.4, 0.5) is 0 Å². The molecule has 0 saturated heterocycles. The van der Waals surface area contributed by atoms with E-state index in [1.165, 1.54) is 24.3 Å². The molecule has 1 N–H and O–H groups in total. The molecule has 0 spiro atoms. The number of hydrogen-bond acceptors (Lipinski definition) is 4. The van der Waals surface area contributed by atoms with Crippen LogP contribution in [0.5, 0.6) is 0 Å². The minimum atomic E-state index is -1.01. The largest absolute Gasteiger partial charge is 0.478 e. The van der Waals surface area contributed by atoms with E-state index in [1.54, 1.807) is 19.1 Å². The van der Waals surface area contributed by atoms with Gasteiger partial charge in [-0.25, -0.2) is 4.79 Å². The van der Waals surface area contributed by atoms with Gasteiger partial charge in [-0.1, -0.05) is 0 Å². The summed E-state index contributed by atoms with van der Waals surface area (Å²) >= 11 is 0. The van der Waals surface area contributed by atoms with Gasteiger partial charge in [-0.15, -0.1) is 0 Å². The number of hydrogen-bond donors (Lipinski definition) is 1. The van der Waals surface area contributed by atoms with Gasteiger partial charge in [0.2, 0.25) is 0 Å². The van der Waals surface area contributed by atoms with Crippen LogP contribution >= 0.6 is 0 Å². The van der Waals surface area contributed by atoms with E-state index in [1.807, 2.05) is 0 Å². The van der Waals surface area contributed by atoms with Crippen LogP contribution in [0, 0.1) is 0 Å². The lowest BCUT2D eigenvalue weighted by atomic mass is 10.1. The van der Waals surface area contributed by atoms with Crippen LogP contribution in [0.2, 0.25) is 0 Å². The summed E-state index contributed by atoms with van der Waals surface area (Å²) in [5, 5.41) is 8.83. The molecule has 20 heavy (non-hydrogen) atoms. The van der Waals surface area contributed by atoms with Crippen molar-refractivity contribution in [3.63, 3.8) is 0 Å². The molecule has 0 atom stereocenters. The molecule has 0 radical (unpaired) electrons. The maximum atomic E-state index is 12.3. The number of carboxylic acids is 1. The molecule has 110 valence electrons. The van der Waals surface area contributed by atoms with Crippen molar-refractivity contribution in [3.05, 3.63) is 35.4 Å². The smallest absolute Gasteiger partial charge is 0.335 e. The Labute approximate surface area is 117 Å². The van der Waals surface area contributed by atoms with Gasteiger partial charge in [-0.2, -0.15) is 0 Å². The van der Waals surface area contributed by atoms with Crippen molar-refractivity contribution in [1.82, 2.24) is 4.90 Å². The third kappa shape index (κ3) is 4.64. The first-order valence-electron chi connectivity index (χ1n) is 6.20. The molecule has 0 aliphatic heterocycles. The van der Waals surface area contributed by atoms with E-state index in [0.29, 0.717) is 31.9 Å². The third-order valence-corrected chi connectivity index (χ3v) is 2.80. The zero-order valence-electron chi connectivity index (χ0n) is 11.7. The van der Waals surface area contributed by atoms with E-state index in [2.05, 4.69) is 0 Å². The molecule has 0 saturated carbocycles. The van der Waals surface area contributed by atoms with Gasteiger partial charge in [0.1, 0.15) is 0 Å².